The van der Waals surface area contributed by atoms with Crippen LogP contribution >= 0.6 is 24.0 Å². The minimum Gasteiger partial charge on any atom is -0.364 e. The monoisotopic (exact) mass is 374 g/mol. The zero-order chi connectivity index (χ0) is 16.9. The van der Waals surface area contributed by atoms with Crippen LogP contribution in [0.3, 0.4) is 0 Å². The largest absolute Gasteiger partial charge is 0.364 e. The van der Waals surface area contributed by atoms with Crippen molar-refractivity contribution in [2.24, 2.45) is 5.73 Å². The molecule has 2 rings (SSSR count). The molecule has 6 heteroatoms. The second-order valence-corrected chi connectivity index (χ2v) is 6.71. The van der Waals surface area contributed by atoms with Crippen molar-refractivity contribution in [1.82, 2.24) is 5.32 Å². The Morgan fingerprint density at radius 3 is 2.42 bits per heavy atom. The van der Waals surface area contributed by atoms with Crippen LogP contribution in [-0.2, 0) is 14.9 Å². The average molecular weight is 375 g/mol. The summed E-state index contributed by atoms with van der Waals surface area (Å²) in [6, 6.07) is 7.92. The molecule has 0 radical (unpaired) electrons. The van der Waals surface area contributed by atoms with Gasteiger partial charge in [0, 0.05) is 23.5 Å². The van der Waals surface area contributed by atoms with Crippen LogP contribution in [0.2, 0.25) is 5.02 Å². The molecule has 24 heavy (non-hydrogen) atoms. The maximum atomic E-state index is 12.4. The van der Waals surface area contributed by atoms with Crippen molar-refractivity contribution >= 4 is 29.9 Å². The maximum absolute atomic E-state index is 12.4. The lowest BCUT2D eigenvalue weighted by Gasteiger charge is -2.33. The number of benzene rings is 1. The normalized spacial score (nSPS) is 20.5. The molecule has 1 aromatic carbocycles. The van der Waals surface area contributed by atoms with Crippen molar-refractivity contribution in [3.8, 4) is 0 Å². The number of hydrogen-bond donors (Lipinski definition) is 2. The number of ether oxygens (including phenoxy) is 1. The second kappa shape index (κ2) is 9.62. The summed E-state index contributed by atoms with van der Waals surface area (Å²) in [5.74, 6) is -0.0267. The van der Waals surface area contributed by atoms with E-state index in [4.69, 9.17) is 22.1 Å². The summed E-state index contributed by atoms with van der Waals surface area (Å²) in [5.41, 5.74) is 6.73. The number of halogens is 2. The summed E-state index contributed by atoms with van der Waals surface area (Å²) in [6.45, 7) is 5.39. The van der Waals surface area contributed by atoms with Gasteiger partial charge in [-0.1, -0.05) is 37.6 Å². The van der Waals surface area contributed by atoms with E-state index in [9.17, 15) is 4.79 Å². The van der Waals surface area contributed by atoms with Crippen LogP contribution < -0.4 is 11.1 Å². The lowest BCUT2D eigenvalue weighted by atomic mass is 9.75. The summed E-state index contributed by atoms with van der Waals surface area (Å²) in [6.07, 6.45) is 3.16. The number of nitrogens with two attached hydrogens (primary N) is 1. The molecule has 0 aliphatic carbocycles. The van der Waals surface area contributed by atoms with Crippen molar-refractivity contribution in [2.75, 3.05) is 13.1 Å². The summed E-state index contributed by atoms with van der Waals surface area (Å²) < 4.78 is 5.67. The fourth-order valence-electron chi connectivity index (χ4n) is 3.26. The molecule has 1 heterocycles. The van der Waals surface area contributed by atoms with Crippen molar-refractivity contribution in [1.29, 1.82) is 0 Å². The van der Waals surface area contributed by atoms with Crippen LogP contribution in [0.4, 0.5) is 0 Å². The maximum Gasteiger partial charge on any atom is 0.249 e. The van der Waals surface area contributed by atoms with E-state index in [0.29, 0.717) is 13.1 Å². The molecule has 1 amide bonds. The molecule has 3 N–H and O–H groups in total. The van der Waals surface area contributed by atoms with Gasteiger partial charge >= 0.3 is 0 Å². The Bertz CT molecular complexity index is 518. The molecule has 1 aliphatic heterocycles. The highest BCUT2D eigenvalue weighted by Crippen LogP contribution is 2.32. The smallest absolute Gasteiger partial charge is 0.249 e. The summed E-state index contributed by atoms with van der Waals surface area (Å²) >= 11 is 5.99. The minimum atomic E-state index is -0.361. The topological polar surface area (TPSA) is 64.4 Å². The van der Waals surface area contributed by atoms with Gasteiger partial charge in [-0.25, -0.2) is 0 Å². The van der Waals surface area contributed by atoms with Crippen LogP contribution in [0.5, 0.6) is 0 Å². The number of carbonyl (C=O) groups is 1. The Hall–Kier alpha value is -0.810. The first-order valence-electron chi connectivity index (χ1n) is 8.44. The molecule has 1 fully saturated rings. The first-order chi connectivity index (χ1) is 11.0. The summed E-state index contributed by atoms with van der Waals surface area (Å²) in [4.78, 5) is 12.4. The van der Waals surface area contributed by atoms with E-state index < -0.39 is 0 Å². The first kappa shape index (κ1) is 21.2. The fraction of sp³-hybridized carbons (Fsp3) is 0.611. The van der Waals surface area contributed by atoms with Gasteiger partial charge in [-0.15, -0.1) is 12.4 Å². The van der Waals surface area contributed by atoms with Crippen molar-refractivity contribution in [3.05, 3.63) is 34.9 Å². The zero-order valence-corrected chi connectivity index (χ0v) is 16.0. The molecule has 1 aliphatic rings. The first-order valence-corrected chi connectivity index (χ1v) is 8.81. The predicted octanol–water partition coefficient (Wildman–Crippen LogP) is 3.44. The van der Waals surface area contributed by atoms with Gasteiger partial charge in [0.1, 0.15) is 6.10 Å². The van der Waals surface area contributed by atoms with Crippen LogP contribution in [0.1, 0.15) is 45.1 Å². The zero-order valence-electron chi connectivity index (χ0n) is 14.4. The molecule has 0 bridgehead atoms. The highest BCUT2D eigenvalue weighted by molar-refractivity contribution is 6.30. The molecule has 2 atom stereocenters. The van der Waals surface area contributed by atoms with Crippen LogP contribution in [-0.4, -0.2) is 31.2 Å². The SMILES string of the molecule is CCC(CC)(CNC(=O)[C@@H]1CC[C@H](CN)O1)c1ccc(Cl)cc1.Cl. The number of hydrogen-bond acceptors (Lipinski definition) is 3. The van der Waals surface area contributed by atoms with E-state index in [2.05, 4.69) is 31.3 Å². The van der Waals surface area contributed by atoms with Crippen molar-refractivity contribution in [2.45, 2.75) is 57.2 Å². The fourth-order valence-corrected chi connectivity index (χ4v) is 3.38. The average Bonchev–Trinajstić information content (AvgIpc) is 3.06. The third kappa shape index (κ3) is 4.85. The molecule has 0 spiro atoms. The van der Waals surface area contributed by atoms with Crippen LogP contribution in [0, 0.1) is 0 Å². The lowest BCUT2D eigenvalue weighted by Crippen LogP contribution is -2.44. The number of amides is 1. The number of rotatable bonds is 7. The molecule has 0 aromatic heterocycles. The minimum absolute atomic E-state index is 0. The van der Waals surface area contributed by atoms with Crippen LogP contribution in [0.25, 0.3) is 0 Å². The molecular formula is C18H28Cl2N2O2. The second-order valence-electron chi connectivity index (χ2n) is 6.27. The van der Waals surface area contributed by atoms with E-state index >= 15 is 0 Å². The molecule has 136 valence electrons. The summed E-state index contributed by atoms with van der Waals surface area (Å²) in [5, 5.41) is 3.82. The van der Waals surface area contributed by atoms with Gasteiger partial charge in [0.25, 0.3) is 0 Å². The third-order valence-corrected chi connectivity index (χ3v) is 5.33. The van der Waals surface area contributed by atoms with Gasteiger partial charge in [-0.3, -0.25) is 4.79 Å². The number of carbonyl (C=O) groups excluding carboxylic acids is 1. The molecule has 1 saturated heterocycles. The van der Waals surface area contributed by atoms with Gasteiger partial charge in [0.2, 0.25) is 5.91 Å². The molecule has 0 saturated carbocycles. The Morgan fingerprint density at radius 2 is 1.92 bits per heavy atom. The third-order valence-electron chi connectivity index (χ3n) is 5.07. The summed E-state index contributed by atoms with van der Waals surface area (Å²) in [7, 11) is 0. The van der Waals surface area contributed by atoms with E-state index in [1.54, 1.807) is 0 Å². The van der Waals surface area contributed by atoms with E-state index in [1.165, 1.54) is 5.56 Å². The van der Waals surface area contributed by atoms with Crippen molar-refractivity contribution < 1.29 is 9.53 Å². The van der Waals surface area contributed by atoms with Gasteiger partial charge in [0.05, 0.1) is 6.10 Å². The molecule has 0 unspecified atom stereocenters. The molecular weight excluding hydrogens is 347 g/mol. The van der Waals surface area contributed by atoms with Crippen molar-refractivity contribution in [3.63, 3.8) is 0 Å². The highest BCUT2D eigenvalue weighted by atomic mass is 35.5. The Labute approximate surface area is 155 Å². The quantitative estimate of drug-likeness (QED) is 0.767. The van der Waals surface area contributed by atoms with E-state index in [0.717, 1.165) is 30.7 Å². The van der Waals surface area contributed by atoms with Gasteiger partial charge < -0.3 is 15.8 Å². The lowest BCUT2D eigenvalue weighted by molar-refractivity contribution is -0.132. The van der Waals surface area contributed by atoms with Gasteiger partial charge in [-0.05, 0) is 43.4 Å². The standard InChI is InChI=1S/C18H27ClN2O2.ClH/c1-3-18(4-2,13-5-7-14(19)8-6-13)12-21-17(22)16-10-9-15(11-20)23-16;/h5-8,15-16H,3-4,9-12,20H2,1-2H3,(H,21,22);1H/t15-,16+;/m1./s1. The van der Waals surface area contributed by atoms with Gasteiger partial charge in [0.15, 0.2) is 0 Å². The van der Waals surface area contributed by atoms with Crippen LogP contribution in [0.15, 0.2) is 24.3 Å². The highest BCUT2D eigenvalue weighted by Gasteiger charge is 2.33. The molecule has 4 nitrogen and oxygen atoms in total. The molecule has 1 aromatic rings. The Kier molecular flexibility index (Phi) is 8.51. The van der Waals surface area contributed by atoms with E-state index in [1.807, 2.05) is 12.1 Å². The predicted molar refractivity (Wildman–Crippen MR) is 101 cm³/mol. The van der Waals surface area contributed by atoms with Gasteiger partial charge in [-0.2, -0.15) is 0 Å². The Balaban J connectivity index is 0.00000288. The Morgan fingerprint density at radius 1 is 1.29 bits per heavy atom. The van der Waals surface area contributed by atoms with E-state index in [-0.39, 0.29) is 35.9 Å². The number of nitrogens with one attached hydrogen (secondary N) is 1.